The molecule has 2 amide bonds. The minimum atomic E-state index is -0.804. The highest BCUT2D eigenvalue weighted by Gasteiger charge is 2.28. The number of likely N-dealkylation sites (tertiary alicyclic amines) is 1. The van der Waals surface area contributed by atoms with Gasteiger partial charge in [0.2, 0.25) is 0 Å². The molecule has 1 fully saturated rings. The van der Waals surface area contributed by atoms with Crippen LogP contribution in [-0.4, -0.2) is 54.8 Å². The minimum absolute atomic E-state index is 0.0210. The van der Waals surface area contributed by atoms with Crippen molar-refractivity contribution < 1.29 is 14.0 Å². The third kappa shape index (κ3) is 3.78. The molecule has 0 spiro atoms. The average molecular weight is 293 g/mol. The van der Waals surface area contributed by atoms with Gasteiger partial charge in [0.15, 0.2) is 0 Å². The zero-order chi connectivity index (χ0) is 15.4. The zero-order valence-electron chi connectivity index (χ0n) is 12.3. The molecule has 2 rings (SSSR count). The fourth-order valence-corrected chi connectivity index (χ4v) is 2.45. The molecule has 0 saturated carbocycles. The first-order chi connectivity index (χ1) is 9.99. The number of halogens is 1. The number of carbonyl (C=O) groups is 2. The predicted molar refractivity (Wildman–Crippen MR) is 78.3 cm³/mol. The summed E-state index contributed by atoms with van der Waals surface area (Å²) in [5.41, 5.74) is 0.0210. The molecule has 1 N–H and O–H groups in total. The van der Waals surface area contributed by atoms with E-state index in [-0.39, 0.29) is 11.7 Å². The van der Waals surface area contributed by atoms with Crippen molar-refractivity contribution in [3.05, 3.63) is 30.1 Å². The number of piperidine rings is 1. The van der Waals surface area contributed by atoms with Crippen LogP contribution in [0.2, 0.25) is 0 Å². The summed E-state index contributed by atoms with van der Waals surface area (Å²) in [6.45, 7) is 1.80. The fourth-order valence-electron chi connectivity index (χ4n) is 2.45. The lowest BCUT2D eigenvalue weighted by atomic mass is 10.0. The van der Waals surface area contributed by atoms with Crippen LogP contribution >= 0.6 is 0 Å². The topological polar surface area (TPSA) is 52.7 Å². The van der Waals surface area contributed by atoms with Gasteiger partial charge >= 0.3 is 11.8 Å². The standard InChI is InChI=1S/C15H20FN3O2/c1-18-9-7-11(8-10-18)19(2)15(21)14(20)17-13-6-4-3-5-12(13)16/h3-6,11H,7-10H2,1-2H3,(H,17,20). The highest BCUT2D eigenvalue weighted by molar-refractivity contribution is 6.39. The smallest absolute Gasteiger partial charge is 0.313 e. The minimum Gasteiger partial charge on any atom is -0.334 e. The van der Waals surface area contributed by atoms with Gasteiger partial charge in [0, 0.05) is 13.1 Å². The Morgan fingerprint density at radius 3 is 2.52 bits per heavy atom. The predicted octanol–water partition coefficient (Wildman–Crippen LogP) is 1.32. The van der Waals surface area contributed by atoms with E-state index in [0.717, 1.165) is 25.9 Å². The molecule has 1 aromatic carbocycles. The van der Waals surface area contributed by atoms with Gasteiger partial charge in [-0.15, -0.1) is 0 Å². The monoisotopic (exact) mass is 293 g/mol. The van der Waals surface area contributed by atoms with Crippen LogP contribution in [0.4, 0.5) is 10.1 Å². The van der Waals surface area contributed by atoms with Gasteiger partial charge in [0.1, 0.15) is 5.82 Å². The maximum absolute atomic E-state index is 13.5. The number of nitrogens with zero attached hydrogens (tertiary/aromatic N) is 2. The number of para-hydroxylation sites is 1. The molecule has 6 heteroatoms. The van der Waals surface area contributed by atoms with Gasteiger partial charge in [0.05, 0.1) is 5.69 Å². The van der Waals surface area contributed by atoms with Crippen molar-refractivity contribution in [3.63, 3.8) is 0 Å². The second kappa shape index (κ2) is 6.67. The third-order valence-corrected chi connectivity index (χ3v) is 3.87. The molecule has 0 bridgehead atoms. The number of nitrogens with one attached hydrogen (secondary N) is 1. The van der Waals surface area contributed by atoms with Crippen LogP contribution in [0.3, 0.4) is 0 Å². The van der Waals surface area contributed by atoms with Crippen molar-refractivity contribution >= 4 is 17.5 Å². The van der Waals surface area contributed by atoms with Crippen LogP contribution in [0.25, 0.3) is 0 Å². The number of hydrogen-bond acceptors (Lipinski definition) is 3. The van der Waals surface area contributed by atoms with Gasteiger partial charge in [-0.3, -0.25) is 9.59 Å². The Labute approximate surface area is 123 Å². The number of carbonyl (C=O) groups excluding carboxylic acids is 2. The second-order valence-corrected chi connectivity index (χ2v) is 5.38. The van der Waals surface area contributed by atoms with Crippen molar-refractivity contribution in [2.75, 3.05) is 32.5 Å². The molecular weight excluding hydrogens is 273 g/mol. The second-order valence-electron chi connectivity index (χ2n) is 5.38. The van der Waals surface area contributed by atoms with E-state index in [1.54, 1.807) is 13.1 Å². The van der Waals surface area contributed by atoms with Crippen LogP contribution in [-0.2, 0) is 9.59 Å². The number of hydrogen-bond donors (Lipinski definition) is 1. The largest absolute Gasteiger partial charge is 0.334 e. The Morgan fingerprint density at radius 2 is 1.90 bits per heavy atom. The van der Waals surface area contributed by atoms with Crippen LogP contribution in [0, 0.1) is 5.82 Å². The zero-order valence-corrected chi connectivity index (χ0v) is 12.3. The summed E-state index contributed by atoms with van der Waals surface area (Å²) in [6, 6.07) is 5.85. The van der Waals surface area contributed by atoms with Gasteiger partial charge in [-0.1, -0.05) is 12.1 Å². The van der Waals surface area contributed by atoms with Gasteiger partial charge in [-0.2, -0.15) is 0 Å². The summed E-state index contributed by atoms with van der Waals surface area (Å²) in [5, 5.41) is 2.32. The summed E-state index contributed by atoms with van der Waals surface area (Å²) >= 11 is 0. The molecule has 5 nitrogen and oxygen atoms in total. The molecule has 1 aliphatic heterocycles. The van der Waals surface area contributed by atoms with Gasteiger partial charge in [-0.05, 0) is 45.1 Å². The van der Waals surface area contributed by atoms with Crippen molar-refractivity contribution in [1.29, 1.82) is 0 Å². The first-order valence-corrected chi connectivity index (χ1v) is 7.00. The van der Waals surface area contributed by atoms with Crippen molar-refractivity contribution in [2.24, 2.45) is 0 Å². The van der Waals surface area contributed by atoms with Crippen LogP contribution in [0.5, 0.6) is 0 Å². The molecule has 1 saturated heterocycles. The quantitative estimate of drug-likeness (QED) is 0.837. The molecule has 1 aliphatic rings. The molecule has 1 heterocycles. The summed E-state index contributed by atoms with van der Waals surface area (Å²) in [6.07, 6.45) is 1.68. The van der Waals surface area contributed by atoms with E-state index < -0.39 is 17.6 Å². The molecule has 21 heavy (non-hydrogen) atoms. The van der Waals surface area contributed by atoms with Crippen molar-refractivity contribution in [1.82, 2.24) is 9.80 Å². The molecule has 0 radical (unpaired) electrons. The normalized spacial score (nSPS) is 16.5. The molecule has 0 aromatic heterocycles. The Hall–Kier alpha value is -1.95. The third-order valence-electron chi connectivity index (χ3n) is 3.87. The molecule has 0 unspecified atom stereocenters. The van der Waals surface area contributed by atoms with Crippen molar-refractivity contribution in [2.45, 2.75) is 18.9 Å². The highest BCUT2D eigenvalue weighted by atomic mass is 19.1. The number of rotatable bonds is 2. The number of anilines is 1. The van der Waals surface area contributed by atoms with Crippen LogP contribution in [0.1, 0.15) is 12.8 Å². The van der Waals surface area contributed by atoms with Gasteiger partial charge in [0.25, 0.3) is 0 Å². The average Bonchev–Trinajstić information content (AvgIpc) is 2.49. The number of likely N-dealkylation sites (N-methyl/N-ethyl adjacent to an activating group) is 1. The van der Waals surface area contributed by atoms with E-state index in [1.165, 1.54) is 23.1 Å². The summed E-state index contributed by atoms with van der Waals surface area (Å²) in [4.78, 5) is 27.7. The van der Waals surface area contributed by atoms with E-state index in [9.17, 15) is 14.0 Å². The van der Waals surface area contributed by atoms with Gasteiger partial charge < -0.3 is 15.1 Å². The molecule has 0 aliphatic carbocycles. The summed E-state index contributed by atoms with van der Waals surface area (Å²) in [5.74, 6) is -1.99. The summed E-state index contributed by atoms with van der Waals surface area (Å²) in [7, 11) is 3.65. The van der Waals surface area contributed by atoms with E-state index >= 15 is 0 Å². The highest BCUT2D eigenvalue weighted by Crippen LogP contribution is 2.16. The van der Waals surface area contributed by atoms with Crippen molar-refractivity contribution in [3.8, 4) is 0 Å². The Bertz CT molecular complexity index is 527. The number of benzene rings is 1. The molecule has 114 valence electrons. The van der Waals surface area contributed by atoms with E-state index in [1.807, 2.05) is 7.05 Å². The SMILES string of the molecule is CN1CCC(N(C)C(=O)C(=O)Nc2ccccc2F)CC1. The van der Waals surface area contributed by atoms with E-state index in [4.69, 9.17) is 0 Å². The lowest BCUT2D eigenvalue weighted by Crippen LogP contribution is -2.47. The maximum Gasteiger partial charge on any atom is 0.313 e. The first kappa shape index (κ1) is 15.4. The maximum atomic E-state index is 13.5. The van der Waals surface area contributed by atoms with Crippen LogP contribution < -0.4 is 5.32 Å². The number of amides is 2. The lowest BCUT2D eigenvalue weighted by Gasteiger charge is -2.34. The van der Waals surface area contributed by atoms with Crippen LogP contribution in [0.15, 0.2) is 24.3 Å². The Morgan fingerprint density at radius 1 is 1.29 bits per heavy atom. The van der Waals surface area contributed by atoms with E-state index in [0.29, 0.717) is 0 Å². The first-order valence-electron chi connectivity index (χ1n) is 7.00. The molecule has 1 aromatic rings. The lowest BCUT2D eigenvalue weighted by molar-refractivity contribution is -0.144. The van der Waals surface area contributed by atoms with E-state index in [2.05, 4.69) is 10.2 Å². The summed E-state index contributed by atoms with van der Waals surface area (Å²) < 4.78 is 13.5. The Balaban J connectivity index is 1.96. The molecular formula is C15H20FN3O2. The Kier molecular flexibility index (Phi) is 4.90. The fraction of sp³-hybridized carbons (Fsp3) is 0.467. The molecule has 0 atom stereocenters. The van der Waals surface area contributed by atoms with Gasteiger partial charge in [-0.25, -0.2) is 4.39 Å².